The summed E-state index contributed by atoms with van der Waals surface area (Å²) in [4.78, 5) is 11.5. The van der Waals surface area contributed by atoms with Gasteiger partial charge in [-0.05, 0) is 49.1 Å². The molecular formula is C18H18O2. The second-order valence-electron chi connectivity index (χ2n) is 5.04. The lowest BCUT2D eigenvalue weighted by Gasteiger charge is -2.09. The summed E-state index contributed by atoms with van der Waals surface area (Å²) in [5.74, 6) is -0.907. The smallest absolute Gasteiger partial charge is 0.336 e. The summed E-state index contributed by atoms with van der Waals surface area (Å²) in [5.41, 5.74) is 5.40. The lowest BCUT2D eigenvalue weighted by atomic mass is 9.95. The third kappa shape index (κ3) is 2.97. The minimum atomic E-state index is -0.907. The molecule has 1 N–H and O–H groups in total. The second-order valence-corrected chi connectivity index (χ2v) is 5.04. The van der Waals surface area contributed by atoms with E-state index < -0.39 is 5.97 Å². The Morgan fingerprint density at radius 2 is 1.55 bits per heavy atom. The van der Waals surface area contributed by atoms with Crippen LogP contribution in [0.1, 0.15) is 27.8 Å². The Morgan fingerprint density at radius 1 is 1.00 bits per heavy atom. The Bertz CT molecular complexity index is 644. The van der Waals surface area contributed by atoms with E-state index in [1.807, 2.05) is 51.1 Å². The van der Waals surface area contributed by atoms with Gasteiger partial charge in [-0.2, -0.15) is 0 Å². The number of carbonyl (C=O) groups is 1. The molecule has 0 bridgehead atoms. The third-order valence-electron chi connectivity index (χ3n) is 3.34. The highest BCUT2D eigenvalue weighted by molar-refractivity contribution is 6.20. The quantitative estimate of drug-likeness (QED) is 0.666. The average Bonchev–Trinajstić information content (AvgIpc) is 2.38. The maximum atomic E-state index is 11.5. The molecule has 20 heavy (non-hydrogen) atoms. The van der Waals surface area contributed by atoms with Crippen LogP contribution >= 0.6 is 0 Å². The summed E-state index contributed by atoms with van der Waals surface area (Å²) < 4.78 is 0. The van der Waals surface area contributed by atoms with Crippen LogP contribution in [0.3, 0.4) is 0 Å². The largest absolute Gasteiger partial charge is 0.478 e. The minimum Gasteiger partial charge on any atom is -0.478 e. The molecule has 0 atom stereocenters. The van der Waals surface area contributed by atoms with E-state index in [1.54, 1.807) is 6.08 Å². The van der Waals surface area contributed by atoms with Crippen molar-refractivity contribution in [3.8, 4) is 0 Å². The molecule has 2 nitrogen and oxygen atoms in total. The third-order valence-corrected chi connectivity index (χ3v) is 3.34. The number of hydrogen-bond donors (Lipinski definition) is 1. The number of hydrogen-bond acceptors (Lipinski definition) is 1. The van der Waals surface area contributed by atoms with Gasteiger partial charge < -0.3 is 5.11 Å². The monoisotopic (exact) mass is 266 g/mol. The zero-order valence-electron chi connectivity index (χ0n) is 12.0. The van der Waals surface area contributed by atoms with E-state index in [0.29, 0.717) is 5.57 Å². The van der Waals surface area contributed by atoms with Crippen molar-refractivity contribution in [2.75, 3.05) is 0 Å². The Hall–Kier alpha value is -2.35. The molecule has 2 aromatic carbocycles. The Morgan fingerprint density at radius 3 is 2.05 bits per heavy atom. The van der Waals surface area contributed by atoms with Gasteiger partial charge in [0.25, 0.3) is 0 Å². The van der Waals surface area contributed by atoms with Crippen molar-refractivity contribution in [2.24, 2.45) is 0 Å². The highest BCUT2D eigenvalue weighted by atomic mass is 16.4. The van der Waals surface area contributed by atoms with Gasteiger partial charge >= 0.3 is 5.97 Å². The summed E-state index contributed by atoms with van der Waals surface area (Å²) >= 11 is 0. The van der Waals surface area contributed by atoms with Crippen LogP contribution in [0, 0.1) is 20.8 Å². The highest BCUT2D eigenvalue weighted by Crippen LogP contribution is 2.24. The minimum absolute atomic E-state index is 0.320. The summed E-state index contributed by atoms with van der Waals surface area (Å²) in [5, 5.41) is 9.46. The predicted octanol–water partition coefficient (Wildman–Crippen LogP) is 4.24. The van der Waals surface area contributed by atoms with E-state index >= 15 is 0 Å². The Kier molecular flexibility index (Phi) is 4.04. The Labute approximate surface area is 119 Å². The van der Waals surface area contributed by atoms with Gasteiger partial charge in [-0.3, -0.25) is 0 Å². The number of benzene rings is 2. The zero-order chi connectivity index (χ0) is 14.7. The number of rotatable bonds is 3. The van der Waals surface area contributed by atoms with Gasteiger partial charge in [0.05, 0.1) is 5.57 Å². The van der Waals surface area contributed by atoms with E-state index in [-0.39, 0.29) is 0 Å². The molecule has 0 radical (unpaired) electrons. The first-order chi connectivity index (χ1) is 9.49. The number of aryl methyl sites for hydroxylation is 3. The molecule has 2 heteroatoms. The van der Waals surface area contributed by atoms with Crippen LogP contribution in [0.2, 0.25) is 0 Å². The summed E-state index contributed by atoms with van der Waals surface area (Å²) in [6.45, 7) is 6.06. The average molecular weight is 266 g/mol. The van der Waals surface area contributed by atoms with Crippen LogP contribution in [0.25, 0.3) is 11.6 Å². The first kappa shape index (κ1) is 14.1. The maximum absolute atomic E-state index is 11.5. The van der Waals surface area contributed by atoms with Crippen LogP contribution in [-0.2, 0) is 4.79 Å². The van der Waals surface area contributed by atoms with Crippen molar-refractivity contribution < 1.29 is 9.90 Å². The lowest BCUT2D eigenvalue weighted by molar-refractivity contribution is -0.130. The van der Waals surface area contributed by atoms with Crippen molar-refractivity contribution in [3.63, 3.8) is 0 Å². The van der Waals surface area contributed by atoms with Crippen molar-refractivity contribution in [1.82, 2.24) is 0 Å². The van der Waals surface area contributed by atoms with Gasteiger partial charge in [0, 0.05) is 0 Å². The van der Waals surface area contributed by atoms with E-state index in [2.05, 4.69) is 12.1 Å². The second kappa shape index (κ2) is 5.74. The van der Waals surface area contributed by atoms with Gasteiger partial charge in [0.2, 0.25) is 0 Å². The SMILES string of the molecule is Cc1cc(C)c(/C=C(/C(=O)O)c2ccccc2)c(C)c1. The first-order valence-corrected chi connectivity index (χ1v) is 6.57. The lowest BCUT2D eigenvalue weighted by Crippen LogP contribution is -2.00. The van der Waals surface area contributed by atoms with Gasteiger partial charge in [-0.15, -0.1) is 0 Å². The molecule has 0 amide bonds. The zero-order valence-corrected chi connectivity index (χ0v) is 12.0. The van der Waals surface area contributed by atoms with Crippen LogP contribution in [0.4, 0.5) is 0 Å². The molecule has 102 valence electrons. The van der Waals surface area contributed by atoms with Crippen molar-refractivity contribution >= 4 is 17.6 Å². The van der Waals surface area contributed by atoms with Crippen LogP contribution in [0.15, 0.2) is 42.5 Å². The molecule has 0 aliphatic heterocycles. The molecule has 0 heterocycles. The maximum Gasteiger partial charge on any atom is 0.336 e. The summed E-state index contributed by atoms with van der Waals surface area (Å²) in [7, 11) is 0. The fraction of sp³-hybridized carbons (Fsp3) is 0.167. The Balaban J connectivity index is 2.59. The fourth-order valence-electron chi connectivity index (χ4n) is 2.45. The molecule has 2 rings (SSSR count). The molecular weight excluding hydrogens is 248 g/mol. The van der Waals surface area contributed by atoms with Crippen molar-refractivity contribution in [2.45, 2.75) is 20.8 Å². The molecule has 0 unspecified atom stereocenters. The molecule has 0 fully saturated rings. The van der Waals surface area contributed by atoms with Gasteiger partial charge in [0.1, 0.15) is 0 Å². The van der Waals surface area contributed by atoms with E-state index in [1.165, 1.54) is 5.56 Å². The molecule has 0 saturated heterocycles. The van der Waals surface area contributed by atoms with Crippen molar-refractivity contribution in [3.05, 3.63) is 70.3 Å². The van der Waals surface area contributed by atoms with Crippen LogP contribution < -0.4 is 0 Å². The summed E-state index contributed by atoms with van der Waals surface area (Å²) in [6.07, 6.45) is 1.77. The molecule has 0 saturated carbocycles. The fourth-order valence-corrected chi connectivity index (χ4v) is 2.45. The number of carboxylic acids is 1. The highest BCUT2D eigenvalue weighted by Gasteiger charge is 2.11. The van der Waals surface area contributed by atoms with E-state index in [9.17, 15) is 9.90 Å². The van der Waals surface area contributed by atoms with E-state index in [0.717, 1.165) is 22.3 Å². The van der Waals surface area contributed by atoms with Gasteiger partial charge in [-0.25, -0.2) is 4.79 Å². The standard InChI is InChI=1S/C18H18O2/c1-12-9-13(2)16(14(3)10-12)11-17(18(19)20)15-7-5-4-6-8-15/h4-11H,1-3H3,(H,19,20)/b17-11+. The molecule has 0 aromatic heterocycles. The number of aliphatic carboxylic acids is 1. The molecule has 0 aliphatic rings. The molecule has 2 aromatic rings. The summed E-state index contributed by atoms with van der Waals surface area (Å²) in [6, 6.07) is 13.4. The normalized spacial score (nSPS) is 11.4. The van der Waals surface area contributed by atoms with Crippen LogP contribution in [0.5, 0.6) is 0 Å². The van der Waals surface area contributed by atoms with Gasteiger partial charge in [-0.1, -0.05) is 48.0 Å². The predicted molar refractivity (Wildman–Crippen MR) is 82.6 cm³/mol. The van der Waals surface area contributed by atoms with E-state index in [4.69, 9.17) is 0 Å². The van der Waals surface area contributed by atoms with Gasteiger partial charge in [0.15, 0.2) is 0 Å². The number of carboxylic acid groups (broad SMARTS) is 1. The van der Waals surface area contributed by atoms with Crippen molar-refractivity contribution in [1.29, 1.82) is 0 Å². The topological polar surface area (TPSA) is 37.3 Å². The molecule has 0 aliphatic carbocycles. The first-order valence-electron chi connectivity index (χ1n) is 6.57. The molecule has 0 spiro atoms. The van der Waals surface area contributed by atoms with Crippen LogP contribution in [-0.4, -0.2) is 11.1 Å².